The highest BCUT2D eigenvalue weighted by Crippen LogP contribution is 2.14. The lowest BCUT2D eigenvalue weighted by Crippen LogP contribution is -2.25. The lowest BCUT2D eigenvalue weighted by Gasteiger charge is -2.15. The molecule has 0 amide bonds. The van der Waals surface area contributed by atoms with E-state index in [4.69, 9.17) is 4.74 Å². The number of benzene rings is 1. The number of hydrogen-bond acceptors (Lipinski definition) is 2. The highest BCUT2D eigenvalue weighted by molar-refractivity contribution is 5.27. The van der Waals surface area contributed by atoms with Crippen molar-refractivity contribution >= 4 is 0 Å². The smallest absolute Gasteiger partial charge is 0.119 e. The van der Waals surface area contributed by atoms with Crippen molar-refractivity contribution in [2.75, 3.05) is 26.2 Å². The van der Waals surface area contributed by atoms with Crippen molar-refractivity contribution in [2.24, 2.45) is 0 Å². The minimum atomic E-state index is 0.813. The molecule has 0 spiro atoms. The van der Waals surface area contributed by atoms with E-state index in [1.165, 1.54) is 37.9 Å². The molecule has 1 aromatic carbocycles. The van der Waals surface area contributed by atoms with Crippen LogP contribution in [0.25, 0.3) is 0 Å². The Kier molecular flexibility index (Phi) is 4.87. The van der Waals surface area contributed by atoms with Crippen LogP contribution < -0.4 is 4.74 Å². The Morgan fingerprint density at radius 2 is 1.82 bits per heavy atom. The van der Waals surface area contributed by atoms with Gasteiger partial charge in [-0.15, -0.1) is 0 Å². The van der Waals surface area contributed by atoms with Crippen molar-refractivity contribution in [3.63, 3.8) is 0 Å². The predicted octanol–water partition coefficient (Wildman–Crippen LogP) is 3.11. The summed E-state index contributed by atoms with van der Waals surface area (Å²) in [6, 6.07) is 8.54. The van der Waals surface area contributed by atoms with Crippen molar-refractivity contribution < 1.29 is 4.74 Å². The molecule has 0 atom stereocenters. The van der Waals surface area contributed by atoms with E-state index in [9.17, 15) is 0 Å². The first kappa shape index (κ1) is 12.4. The highest BCUT2D eigenvalue weighted by Gasteiger charge is 2.10. The fourth-order valence-corrected chi connectivity index (χ4v) is 2.34. The molecular formula is C15H23NO. The van der Waals surface area contributed by atoms with E-state index in [1.807, 2.05) is 0 Å². The van der Waals surface area contributed by atoms with Crippen molar-refractivity contribution in [2.45, 2.75) is 32.6 Å². The first-order valence-corrected chi connectivity index (χ1v) is 6.82. The summed E-state index contributed by atoms with van der Waals surface area (Å²) in [6.45, 7) is 6.59. The van der Waals surface area contributed by atoms with E-state index in [0.29, 0.717) is 0 Å². The Hall–Kier alpha value is -1.02. The molecule has 0 bridgehead atoms. The number of ether oxygens (including phenoxy) is 1. The third-order valence-electron chi connectivity index (χ3n) is 3.34. The predicted molar refractivity (Wildman–Crippen MR) is 71.6 cm³/mol. The van der Waals surface area contributed by atoms with E-state index in [-0.39, 0.29) is 0 Å². The van der Waals surface area contributed by atoms with Gasteiger partial charge < -0.3 is 4.74 Å². The van der Waals surface area contributed by atoms with Gasteiger partial charge in [0.25, 0.3) is 0 Å². The molecule has 0 aliphatic carbocycles. The number of nitrogens with zero attached hydrogens (tertiary/aromatic N) is 1. The van der Waals surface area contributed by atoms with Crippen LogP contribution in [0.5, 0.6) is 5.75 Å². The Balaban J connectivity index is 1.70. The Bertz CT molecular complexity index is 314. The van der Waals surface area contributed by atoms with Crippen molar-refractivity contribution in [1.82, 2.24) is 4.90 Å². The lowest BCUT2D eigenvalue weighted by molar-refractivity contribution is 0.238. The van der Waals surface area contributed by atoms with Gasteiger partial charge in [-0.25, -0.2) is 0 Å². The van der Waals surface area contributed by atoms with Gasteiger partial charge in [0.1, 0.15) is 12.4 Å². The van der Waals surface area contributed by atoms with Crippen LogP contribution in [0, 0.1) is 0 Å². The zero-order valence-electron chi connectivity index (χ0n) is 10.8. The van der Waals surface area contributed by atoms with E-state index >= 15 is 0 Å². The van der Waals surface area contributed by atoms with Gasteiger partial charge in [-0.05, 0) is 50.0 Å². The fourth-order valence-electron chi connectivity index (χ4n) is 2.34. The minimum Gasteiger partial charge on any atom is -0.492 e. The molecule has 1 aromatic rings. The van der Waals surface area contributed by atoms with E-state index in [1.54, 1.807) is 0 Å². The zero-order valence-corrected chi connectivity index (χ0v) is 10.8. The van der Waals surface area contributed by atoms with Crippen LogP contribution in [0.3, 0.4) is 0 Å². The summed E-state index contributed by atoms with van der Waals surface area (Å²) in [4.78, 5) is 2.48. The van der Waals surface area contributed by atoms with Crippen LogP contribution in [0.4, 0.5) is 0 Å². The SMILES string of the molecule is CCCc1ccc(OCCN2CCCC2)cc1. The highest BCUT2D eigenvalue weighted by atomic mass is 16.5. The minimum absolute atomic E-state index is 0.813. The molecule has 94 valence electrons. The van der Waals surface area contributed by atoms with E-state index < -0.39 is 0 Å². The average molecular weight is 233 g/mol. The monoisotopic (exact) mass is 233 g/mol. The van der Waals surface area contributed by atoms with Gasteiger partial charge in [0.2, 0.25) is 0 Å². The molecule has 1 fully saturated rings. The molecule has 2 rings (SSSR count). The van der Waals surface area contributed by atoms with E-state index in [0.717, 1.165) is 25.3 Å². The molecule has 0 unspecified atom stereocenters. The molecule has 1 saturated heterocycles. The van der Waals surface area contributed by atoms with Gasteiger partial charge in [0, 0.05) is 6.54 Å². The lowest BCUT2D eigenvalue weighted by atomic mass is 10.1. The van der Waals surface area contributed by atoms with Crippen LogP contribution in [0.15, 0.2) is 24.3 Å². The summed E-state index contributed by atoms with van der Waals surface area (Å²) in [7, 11) is 0. The molecule has 1 heterocycles. The summed E-state index contributed by atoms with van der Waals surface area (Å²) >= 11 is 0. The Morgan fingerprint density at radius 3 is 2.47 bits per heavy atom. The van der Waals surface area contributed by atoms with Crippen molar-refractivity contribution in [1.29, 1.82) is 0 Å². The molecule has 1 aliphatic rings. The largest absolute Gasteiger partial charge is 0.492 e. The quantitative estimate of drug-likeness (QED) is 0.748. The third kappa shape index (κ3) is 4.04. The summed E-state index contributed by atoms with van der Waals surface area (Å²) in [5.41, 5.74) is 1.40. The zero-order chi connectivity index (χ0) is 11.9. The maximum atomic E-state index is 5.76. The first-order chi connectivity index (χ1) is 8.38. The van der Waals surface area contributed by atoms with Crippen LogP contribution >= 0.6 is 0 Å². The van der Waals surface area contributed by atoms with Crippen LogP contribution in [0.2, 0.25) is 0 Å². The maximum absolute atomic E-state index is 5.76. The summed E-state index contributed by atoms with van der Waals surface area (Å²) in [5, 5.41) is 0. The number of aryl methyl sites for hydroxylation is 1. The second-order valence-electron chi connectivity index (χ2n) is 4.79. The molecule has 2 nitrogen and oxygen atoms in total. The van der Waals surface area contributed by atoms with Crippen LogP contribution in [0.1, 0.15) is 31.7 Å². The maximum Gasteiger partial charge on any atom is 0.119 e. The third-order valence-corrected chi connectivity index (χ3v) is 3.34. The number of likely N-dealkylation sites (tertiary alicyclic amines) is 1. The molecule has 1 aliphatic heterocycles. The first-order valence-electron chi connectivity index (χ1n) is 6.82. The van der Waals surface area contributed by atoms with E-state index in [2.05, 4.69) is 36.1 Å². The molecule has 0 N–H and O–H groups in total. The normalized spacial score (nSPS) is 16.3. The Morgan fingerprint density at radius 1 is 1.12 bits per heavy atom. The van der Waals surface area contributed by atoms with Gasteiger partial charge >= 0.3 is 0 Å². The summed E-state index contributed by atoms with van der Waals surface area (Å²) in [6.07, 6.45) is 5.07. The summed E-state index contributed by atoms with van der Waals surface area (Å²) < 4.78 is 5.76. The summed E-state index contributed by atoms with van der Waals surface area (Å²) in [5.74, 6) is 1.00. The molecule has 0 radical (unpaired) electrons. The number of hydrogen-bond donors (Lipinski definition) is 0. The number of rotatable bonds is 6. The second-order valence-corrected chi connectivity index (χ2v) is 4.79. The van der Waals surface area contributed by atoms with Crippen LogP contribution in [-0.2, 0) is 6.42 Å². The van der Waals surface area contributed by atoms with Gasteiger partial charge in [0.05, 0.1) is 0 Å². The topological polar surface area (TPSA) is 12.5 Å². The molecule has 0 aromatic heterocycles. The van der Waals surface area contributed by atoms with Gasteiger partial charge in [0.15, 0.2) is 0 Å². The van der Waals surface area contributed by atoms with Crippen LogP contribution in [-0.4, -0.2) is 31.1 Å². The van der Waals surface area contributed by atoms with Gasteiger partial charge in [-0.3, -0.25) is 4.90 Å². The Labute approximate surface area is 105 Å². The van der Waals surface area contributed by atoms with Gasteiger partial charge in [-0.2, -0.15) is 0 Å². The average Bonchev–Trinajstić information content (AvgIpc) is 2.85. The fraction of sp³-hybridized carbons (Fsp3) is 0.600. The van der Waals surface area contributed by atoms with Crippen molar-refractivity contribution in [3.05, 3.63) is 29.8 Å². The second kappa shape index (κ2) is 6.65. The molecule has 2 heteroatoms. The van der Waals surface area contributed by atoms with Gasteiger partial charge in [-0.1, -0.05) is 25.5 Å². The molecular weight excluding hydrogens is 210 g/mol. The van der Waals surface area contributed by atoms with Crippen molar-refractivity contribution in [3.8, 4) is 5.75 Å². The standard InChI is InChI=1S/C15H23NO/c1-2-5-14-6-8-15(9-7-14)17-13-12-16-10-3-4-11-16/h6-9H,2-5,10-13H2,1H3. The molecule has 0 saturated carbocycles. The molecule has 17 heavy (non-hydrogen) atoms.